The Morgan fingerprint density at radius 2 is 1.86 bits per heavy atom. The smallest absolute Gasteiger partial charge is 0.311 e. The molecule has 4 nitrogen and oxygen atoms in total. The molecular weight excluding hydrogens is 266 g/mol. The van der Waals surface area contributed by atoms with E-state index in [1.807, 2.05) is 18.2 Å². The topological polar surface area (TPSA) is 57.6 Å². The van der Waals surface area contributed by atoms with E-state index in [-0.39, 0.29) is 11.3 Å². The van der Waals surface area contributed by atoms with Gasteiger partial charge in [0.25, 0.3) is 0 Å². The number of carboxylic acid groups (broad SMARTS) is 1. The second-order valence-electron chi connectivity index (χ2n) is 6.79. The molecule has 1 heterocycles. The van der Waals surface area contributed by atoms with Crippen molar-refractivity contribution in [3.05, 3.63) is 35.9 Å². The predicted molar refractivity (Wildman–Crippen MR) is 78.8 cm³/mol. The summed E-state index contributed by atoms with van der Waals surface area (Å²) in [6.45, 7) is 2.65. The predicted octanol–water partition coefficient (Wildman–Crippen LogP) is 2.33. The molecule has 0 aromatic heterocycles. The minimum Gasteiger partial charge on any atom is -0.481 e. The van der Waals surface area contributed by atoms with Gasteiger partial charge in [0, 0.05) is 13.1 Å². The van der Waals surface area contributed by atoms with Gasteiger partial charge in [-0.3, -0.25) is 9.59 Å². The molecule has 0 radical (unpaired) electrons. The van der Waals surface area contributed by atoms with E-state index < -0.39 is 11.4 Å². The average Bonchev–Trinajstić information content (AvgIpc) is 3.13. The number of benzene rings is 1. The molecule has 0 unspecified atom stereocenters. The summed E-state index contributed by atoms with van der Waals surface area (Å²) in [4.78, 5) is 25.9. The lowest BCUT2D eigenvalue weighted by molar-refractivity contribution is -0.147. The van der Waals surface area contributed by atoms with Gasteiger partial charge < -0.3 is 10.0 Å². The number of nitrogens with zero attached hydrogens (tertiary/aromatic N) is 1. The Morgan fingerprint density at radius 3 is 2.38 bits per heavy atom. The molecule has 1 aromatic rings. The van der Waals surface area contributed by atoms with Gasteiger partial charge >= 0.3 is 5.97 Å². The highest BCUT2D eigenvalue weighted by Crippen LogP contribution is 2.51. The van der Waals surface area contributed by atoms with Crippen LogP contribution in [0.4, 0.5) is 0 Å². The molecule has 2 fully saturated rings. The Kier molecular flexibility index (Phi) is 3.27. The molecule has 1 saturated carbocycles. The van der Waals surface area contributed by atoms with Crippen LogP contribution in [0.1, 0.15) is 31.7 Å². The highest BCUT2D eigenvalue weighted by molar-refractivity contribution is 5.87. The summed E-state index contributed by atoms with van der Waals surface area (Å²) in [5.41, 5.74) is 0.132. The standard InChI is InChI=1S/C17H21NO3/c1-16(15(20)21)9-10-18(12-16)14(19)17(7-8-17)11-13-5-3-2-4-6-13/h2-6H,7-12H2,1H3,(H,20,21)/t16-/m1/s1. The third-order valence-electron chi connectivity index (χ3n) is 4.97. The summed E-state index contributed by atoms with van der Waals surface area (Å²) in [6, 6.07) is 10.1. The molecule has 1 aliphatic heterocycles. The van der Waals surface area contributed by atoms with Gasteiger partial charge in [0.05, 0.1) is 10.8 Å². The molecule has 1 atom stereocenters. The van der Waals surface area contributed by atoms with Crippen molar-refractivity contribution in [2.75, 3.05) is 13.1 Å². The van der Waals surface area contributed by atoms with Gasteiger partial charge in [0.15, 0.2) is 0 Å². The molecule has 112 valence electrons. The van der Waals surface area contributed by atoms with Gasteiger partial charge in [-0.15, -0.1) is 0 Å². The number of rotatable bonds is 4. The normalized spacial score (nSPS) is 26.6. The lowest BCUT2D eigenvalue weighted by atomic mass is 9.90. The number of likely N-dealkylation sites (tertiary alicyclic amines) is 1. The van der Waals surface area contributed by atoms with Crippen molar-refractivity contribution in [1.82, 2.24) is 4.90 Å². The first-order valence-corrected chi connectivity index (χ1v) is 7.52. The fraction of sp³-hybridized carbons (Fsp3) is 0.529. The van der Waals surface area contributed by atoms with Gasteiger partial charge in [-0.2, -0.15) is 0 Å². The second kappa shape index (κ2) is 4.86. The fourth-order valence-corrected chi connectivity index (χ4v) is 3.25. The number of hydrogen-bond acceptors (Lipinski definition) is 2. The highest BCUT2D eigenvalue weighted by atomic mass is 16.4. The summed E-state index contributed by atoms with van der Waals surface area (Å²) in [7, 11) is 0. The molecule has 0 spiro atoms. The van der Waals surface area contributed by atoms with Crippen LogP contribution in [-0.2, 0) is 16.0 Å². The summed E-state index contributed by atoms with van der Waals surface area (Å²) in [5.74, 6) is -0.651. The molecular formula is C17H21NO3. The van der Waals surface area contributed by atoms with Crippen LogP contribution in [-0.4, -0.2) is 35.0 Å². The lowest BCUT2D eigenvalue weighted by Gasteiger charge is -2.25. The minimum absolute atomic E-state index is 0.149. The Morgan fingerprint density at radius 1 is 1.19 bits per heavy atom. The molecule has 1 saturated heterocycles. The average molecular weight is 287 g/mol. The van der Waals surface area contributed by atoms with Gasteiger partial charge in [0.1, 0.15) is 0 Å². The zero-order chi connectivity index (χ0) is 15.1. The molecule has 0 bridgehead atoms. The van der Waals surface area contributed by atoms with E-state index in [1.165, 1.54) is 5.56 Å². The molecule has 3 rings (SSSR count). The Labute approximate surface area is 124 Å². The van der Waals surface area contributed by atoms with Crippen molar-refractivity contribution in [2.24, 2.45) is 10.8 Å². The van der Waals surface area contributed by atoms with Crippen molar-refractivity contribution in [2.45, 2.75) is 32.6 Å². The quantitative estimate of drug-likeness (QED) is 0.924. The highest BCUT2D eigenvalue weighted by Gasteiger charge is 2.54. The number of carbonyl (C=O) groups excluding carboxylic acids is 1. The van der Waals surface area contributed by atoms with Crippen molar-refractivity contribution in [3.8, 4) is 0 Å². The number of amides is 1. The molecule has 1 amide bonds. The number of carbonyl (C=O) groups is 2. The largest absolute Gasteiger partial charge is 0.481 e. The van der Waals surface area contributed by atoms with Gasteiger partial charge in [0.2, 0.25) is 5.91 Å². The molecule has 1 aliphatic carbocycles. The van der Waals surface area contributed by atoms with E-state index in [1.54, 1.807) is 11.8 Å². The minimum atomic E-state index is -0.800. The number of carboxylic acids is 1. The van der Waals surface area contributed by atoms with E-state index in [4.69, 9.17) is 0 Å². The van der Waals surface area contributed by atoms with Crippen LogP contribution < -0.4 is 0 Å². The third kappa shape index (κ3) is 2.55. The van der Waals surface area contributed by atoms with Crippen LogP contribution in [0.15, 0.2) is 30.3 Å². The maximum atomic E-state index is 12.8. The third-order valence-corrected chi connectivity index (χ3v) is 4.97. The van der Waals surface area contributed by atoms with Gasteiger partial charge in [-0.25, -0.2) is 0 Å². The summed E-state index contributed by atoms with van der Waals surface area (Å²) >= 11 is 0. The first kappa shape index (κ1) is 14.1. The number of aliphatic carboxylic acids is 1. The Hall–Kier alpha value is -1.84. The zero-order valence-corrected chi connectivity index (χ0v) is 12.3. The molecule has 21 heavy (non-hydrogen) atoms. The summed E-state index contributed by atoms with van der Waals surface area (Å²) < 4.78 is 0. The fourth-order valence-electron chi connectivity index (χ4n) is 3.25. The summed E-state index contributed by atoms with van der Waals surface area (Å²) in [6.07, 6.45) is 3.16. The summed E-state index contributed by atoms with van der Waals surface area (Å²) in [5, 5.41) is 9.29. The Balaban J connectivity index is 1.70. The molecule has 4 heteroatoms. The van der Waals surface area contributed by atoms with Crippen LogP contribution in [0.2, 0.25) is 0 Å². The maximum Gasteiger partial charge on any atom is 0.311 e. The first-order valence-electron chi connectivity index (χ1n) is 7.52. The molecule has 1 N–H and O–H groups in total. The second-order valence-corrected chi connectivity index (χ2v) is 6.79. The zero-order valence-electron chi connectivity index (χ0n) is 12.3. The van der Waals surface area contributed by atoms with Crippen molar-refractivity contribution in [3.63, 3.8) is 0 Å². The monoisotopic (exact) mass is 287 g/mol. The molecule has 1 aromatic carbocycles. The molecule has 2 aliphatic rings. The van der Waals surface area contributed by atoms with E-state index in [2.05, 4.69) is 12.1 Å². The van der Waals surface area contributed by atoms with E-state index in [0.29, 0.717) is 19.5 Å². The van der Waals surface area contributed by atoms with Crippen LogP contribution in [0, 0.1) is 10.8 Å². The van der Waals surface area contributed by atoms with Crippen LogP contribution in [0.25, 0.3) is 0 Å². The SMILES string of the molecule is C[C@@]1(C(=O)O)CCN(C(=O)C2(Cc3ccccc3)CC2)C1. The van der Waals surface area contributed by atoms with Crippen LogP contribution in [0.5, 0.6) is 0 Å². The van der Waals surface area contributed by atoms with Crippen molar-refractivity contribution < 1.29 is 14.7 Å². The van der Waals surface area contributed by atoms with Crippen molar-refractivity contribution in [1.29, 1.82) is 0 Å². The van der Waals surface area contributed by atoms with Gasteiger partial charge in [-0.05, 0) is 38.2 Å². The van der Waals surface area contributed by atoms with Crippen molar-refractivity contribution >= 4 is 11.9 Å². The van der Waals surface area contributed by atoms with Crippen LogP contribution >= 0.6 is 0 Å². The van der Waals surface area contributed by atoms with E-state index in [9.17, 15) is 14.7 Å². The first-order chi connectivity index (χ1) is 9.95. The Bertz CT molecular complexity index is 565. The number of hydrogen-bond donors (Lipinski definition) is 1. The van der Waals surface area contributed by atoms with Gasteiger partial charge in [-0.1, -0.05) is 30.3 Å². The lowest BCUT2D eigenvalue weighted by Crippen LogP contribution is -2.39. The maximum absolute atomic E-state index is 12.8. The van der Waals surface area contributed by atoms with Crippen LogP contribution in [0.3, 0.4) is 0 Å². The van der Waals surface area contributed by atoms with E-state index >= 15 is 0 Å². The van der Waals surface area contributed by atoms with E-state index in [0.717, 1.165) is 19.3 Å².